The van der Waals surface area contributed by atoms with E-state index in [2.05, 4.69) is 30.4 Å². The predicted octanol–water partition coefficient (Wildman–Crippen LogP) is 4.48. The number of nitrogen functional groups attached to an aromatic ring is 1. The molecule has 3 rings (SSSR count). The molecule has 0 aliphatic carbocycles. The van der Waals surface area contributed by atoms with Gasteiger partial charge in [-0.3, -0.25) is 0 Å². The quantitative estimate of drug-likeness (QED) is 0.694. The molecule has 0 fully saturated rings. The summed E-state index contributed by atoms with van der Waals surface area (Å²) >= 11 is 0. The highest BCUT2D eigenvalue weighted by Crippen LogP contribution is 2.35. The first kappa shape index (κ1) is 13.3. The van der Waals surface area contributed by atoms with Gasteiger partial charge >= 0.3 is 0 Å². The standard InChI is InChI=1S/C18H18N2O/c1-12-7-10-17(21-2)16(11-12)20-18-14-6-4-3-5-13(14)8-9-15(18)19/h3-11,20H,19H2,1-2H3. The number of anilines is 3. The van der Waals surface area contributed by atoms with Crippen molar-refractivity contribution >= 4 is 27.8 Å². The molecule has 0 radical (unpaired) electrons. The number of nitrogens with two attached hydrogens (primary N) is 1. The molecule has 3 aromatic rings. The van der Waals surface area contributed by atoms with Crippen molar-refractivity contribution in [3.05, 3.63) is 60.2 Å². The molecule has 0 unspecified atom stereocenters. The maximum Gasteiger partial charge on any atom is 0.142 e. The molecule has 0 aromatic heterocycles. The van der Waals surface area contributed by atoms with E-state index in [4.69, 9.17) is 10.5 Å². The van der Waals surface area contributed by atoms with E-state index in [0.29, 0.717) is 0 Å². The molecule has 106 valence electrons. The van der Waals surface area contributed by atoms with Crippen LogP contribution in [0.1, 0.15) is 5.56 Å². The summed E-state index contributed by atoms with van der Waals surface area (Å²) < 4.78 is 5.42. The summed E-state index contributed by atoms with van der Waals surface area (Å²) in [6.07, 6.45) is 0. The second kappa shape index (κ2) is 5.37. The van der Waals surface area contributed by atoms with Crippen molar-refractivity contribution < 1.29 is 4.74 Å². The van der Waals surface area contributed by atoms with Crippen molar-refractivity contribution in [2.24, 2.45) is 0 Å². The first-order chi connectivity index (χ1) is 10.2. The fourth-order valence-electron chi connectivity index (χ4n) is 2.48. The topological polar surface area (TPSA) is 47.3 Å². The van der Waals surface area contributed by atoms with Gasteiger partial charge in [-0.15, -0.1) is 0 Å². The first-order valence-corrected chi connectivity index (χ1v) is 6.88. The molecule has 0 aliphatic rings. The lowest BCUT2D eigenvalue weighted by Gasteiger charge is -2.15. The van der Waals surface area contributed by atoms with E-state index in [9.17, 15) is 0 Å². The molecule has 0 bridgehead atoms. The second-order valence-electron chi connectivity index (χ2n) is 5.08. The molecule has 0 aliphatic heterocycles. The van der Waals surface area contributed by atoms with Crippen molar-refractivity contribution in [3.8, 4) is 5.75 Å². The largest absolute Gasteiger partial charge is 0.495 e. The Morgan fingerprint density at radius 3 is 2.62 bits per heavy atom. The summed E-state index contributed by atoms with van der Waals surface area (Å²) in [4.78, 5) is 0. The van der Waals surface area contributed by atoms with Gasteiger partial charge in [0.25, 0.3) is 0 Å². The van der Waals surface area contributed by atoms with Gasteiger partial charge in [0, 0.05) is 5.39 Å². The van der Waals surface area contributed by atoms with E-state index in [1.54, 1.807) is 7.11 Å². The van der Waals surface area contributed by atoms with Crippen LogP contribution >= 0.6 is 0 Å². The molecule has 0 heterocycles. The number of benzene rings is 3. The van der Waals surface area contributed by atoms with Gasteiger partial charge < -0.3 is 15.8 Å². The van der Waals surface area contributed by atoms with E-state index in [1.807, 2.05) is 36.4 Å². The highest BCUT2D eigenvalue weighted by atomic mass is 16.5. The average molecular weight is 278 g/mol. The van der Waals surface area contributed by atoms with Gasteiger partial charge in [-0.1, -0.05) is 36.4 Å². The van der Waals surface area contributed by atoms with Crippen LogP contribution < -0.4 is 15.8 Å². The maximum absolute atomic E-state index is 6.16. The van der Waals surface area contributed by atoms with Crippen LogP contribution in [0.5, 0.6) is 5.75 Å². The van der Waals surface area contributed by atoms with E-state index in [-0.39, 0.29) is 0 Å². The lowest BCUT2D eigenvalue weighted by atomic mass is 10.1. The number of nitrogens with one attached hydrogen (secondary N) is 1. The van der Waals surface area contributed by atoms with Crippen molar-refractivity contribution in [2.45, 2.75) is 6.92 Å². The summed E-state index contributed by atoms with van der Waals surface area (Å²) in [5, 5.41) is 5.68. The Labute approximate surface area is 124 Å². The van der Waals surface area contributed by atoms with E-state index >= 15 is 0 Å². The lowest BCUT2D eigenvalue weighted by molar-refractivity contribution is 0.417. The molecule has 0 saturated heterocycles. The van der Waals surface area contributed by atoms with Crippen molar-refractivity contribution in [1.29, 1.82) is 0 Å². The smallest absolute Gasteiger partial charge is 0.142 e. The third-order valence-electron chi connectivity index (χ3n) is 3.58. The molecule has 0 amide bonds. The number of methoxy groups -OCH3 is 1. The van der Waals surface area contributed by atoms with Crippen LogP contribution in [-0.4, -0.2) is 7.11 Å². The Kier molecular flexibility index (Phi) is 3.40. The molecule has 0 atom stereocenters. The summed E-state index contributed by atoms with van der Waals surface area (Å²) in [6, 6.07) is 18.2. The van der Waals surface area contributed by atoms with Crippen LogP contribution in [0, 0.1) is 6.92 Å². The van der Waals surface area contributed by atoms with Gasteiger partial charge in [0.15, 0.2) is 0 Å². The molecule has 0 spiro atoms. The molecule has 3 aromatic carbocycles. The zero-order valence-corrected chi connectivity index (χ0v) is 12.2. The minimum atomic E-state index is 0.720. The van der Waals surface area contributed by atoms with Crippen molar-refractivity contribution in [1.82, 2.24) is 0 Å². The summed E-state index contributed by atoms with van der Waals surface area (Å²) in [7, 11) is 1.67. The Morgan fingerprint density at radius 1 is 1.00 bits per heavy atom. The average Bonchev–Trinajstić information content (AvgIpc) is 2.50. The Balaban J connectivity index is 2.14. The molecule has 3 heteroatoms. The SMILES string of the molecule is COc1ccc(C)cc1Nc1c(N)ccc2ccccc12. The van der Waals surface area contributed by atoms with Gasteiger partial charge in [-0.2, -0.15) is 0 Å². The van der Waals surface area contributed by atoms with Crippen LogP contribution in [0.2, 0.25) is 0 Å². The highest BCUT2D eigenvalue weighted by molar-refractivity contribution is 6.01. The molecule has 21 heavy (non-hydrogen) atoms. The van der Waals surface area contributed by atoms with Crippen LogP contribution in [0.15, 0.2) is 54.6 Å². The summed E-state index contributed by atoms with van der Waals surface area (Å²) in [6.45, 7) is 2.05. The fraction of sp³-hybridized carbons (Fsp3) is 0.111. The monoisotopic (exact) mass is 278 g/mol. The molecular weight excluding hydrogens is 260 g/mol. The minimum Gasteiger partial charge on any atom is -0.495 e. The van der Waals surface area contributed by atoms with Gasteiger partial charge in [-0.05, 0) is 36.1 Å². The van der Waals surface area contributed by atoms with Crippen molar-refractivity contribution in [2.75, 3.05) is 18.2 Å². The van der Waals surface area contributed by atoms with Gasteiger partial charge in [0.1, 0.15) is 5.75 Å². The number of ether oxygens (including phenoxy) is 1. The Bertz CT molecular complexity index is 796. The molecular formula is C18H18N2O. The number of hydrogen-bond acceptors (Lipinski definition) is 3. The number of rotatable bonds is 3. The normalized spacial score (nSPS) is 10.6. The maximum atomic E-state index is 6.16. The Hall–Kier alpha value is -2.68. The van der Waals surface area contributed by atoms with Crippen LogP contribution in [0.25, 0.3) is 10.8 Å². The van der Waals surface area contributed by atoms with E-state index in [0.717, 1.165) is 39.1 Å². The molecule has 3 N–H and O–H groups in total. The Morgan fingerprint density at radius 2 is 1.81 bits per heavy atom. The van der Waals surface area contributed by atoms with Gasteiger partial charge in [0.2, 0.25) is 0 Å². The summed E-state index contributed by atoms with van der Waals surface area (Å²) in [5.41, 5.74) is 9.88. The predicted molar refractivity (Wildman–Crippen MR) is 89.4 cm³/mol. The number of aryl methyl sites for hydroxylation is 1. The summed E-state index contributed by atoms with van der Waals surface area (Å²) in [5.74, 6) is 0.799. The number of hydrogen-bond donors (Lipinski definition) is 2. The van der Waals surface area contributed by atoms with Crippen molar-refractivity contribution in [3.63, 3.8) is 0 Å². The van der Waals surface area contributed by atoms with Crippen LogP contribution in [-0.2, 0) is 0 Å². The highest BCUT2D eigenvalue weighted by Gasteiger charge is 2.09. The first-order valence-electron chi connectivity index (χ1n) is 6.88. The second-order valence-corrected chi connectivity index (χ2v) is 5.08. The van der Waals surface area contributed by atoms with Crippen LogP contribution in [0.4, 0.5) is 17.1 Å². The van der Waals surface area contributed by atoms with Gasteiger partial charge in [-0.25, -0.2) is 0 Å². The third kappa shape index (κ3) is 2.50. The third-order valence-corrected chi connectivity index (χ3v) is 3.58. The zero-order chi connectivity index (χ0) is 14.8. The minimum absolute atomic E-state index is 0.720. The molecule has 0 saturated carbocycles. The number of fused-ring (bicyclic) bond motifs is 1. The van der Waals surface area contributed by atoms with Crippen LogP contribution in [0.3, 0.4) is 0 Å². The molecule has 3 nitrogen and oxygen atoms in total. The van der Waals surface area contributed by atoms with Gasteiger partial charge in [0.05, 0.1) is 24.2 Å². The van der Waals surface area contributed by atoms with E-state index in [1.165, 1.54) is 0 Å². The lowest BCUT2D eigenvalue weighted by Crippen LogP contribution is -1.99. The zero-order valence-electron chi connectivity index (χ0n) is 12.2. The van der Waals surface area contributed by atoms with E-state index < -0.39 is 0 Å². The fourth-order valence-corrected chi connectivity index (χ4v) is 2.48.